The van der Waals surface area contributed by atoms with E-state index in [1.807, 2.05) is 6.92 Å². The van der Waals surface area contributed by atoms with Gasteiger partial charge in [-0.3, -0.25) is 4.79 Å². The van der Waals surface area contributed by atoms with E-state index in [9.17, 15) is 4.79 Å². The predicted octanol–water partition coefficient (Wildman–Crippen LogP) is 3.27. The van der Waals surface area contributed by atoms with E-state index in [0.717, 1.165) is 46.2 Å². The second kappa shape index (κ2) is 38.4. The monoisotopic (exact) mass is 383 g/mol. The van der Waals surface area contributed by atoms with Gasteiger partial charge in [0.25, 0.3) is 0 Å². The molecule has 0 unspecified atom stereocenters. The number of unbranched alkanes of at least 4 members (excludes halogenated alkanes) is 7. The smallest absolute Gasteiger partial charge is 0.306 e. The first kappa shape index (κ1) is 35.0. The van der Waals surface area contributed by atoms with Crippen LogP contribution in [0.15, 0.2) is 12.2 Å². The van der Waals surface area contributed by atoms with Crippen LogP contribution in [0.3, 0.4) is 0 Å². The number of carbonyl (C=O) groups is 1. The van der Waals surface area contributed by atoms with Crippen molar-refractivity contribution in [3.63, 3.8) is 0 Å². The second-order valence-electron chi connectivity index (χ2n) is 4.70. The van der Waals surface area contributed by atoms with Gasteiger partial charge >= 0.3 is 5.97 Å². The fraction of sp³-hybridized carbons (Fsp3) is 0.778. The number of hydrogen-bond acceptors (Lipinski definition) is 5. The van der Waals surface area contributed by atoms with Crippen molar-refractivity contribution < 1.29 is 46.6 Å². The Bertz CT molecular complexity index is 223. The van der Waals surface area contributed by atoms with Crippen LogP contribution in [0.5, 0.6) is 0 Å². The number of ether oxygens (including phenoxy) is 1. The molecule has 0 atom stereocenters. The van der Waals surface area contributed by atoms with E-state index in [4.69, 9.17) is 20.1 Å². The average Bonchev–Trinajstić information content (AvgIpc) is 2.60. The molecule has 0 bridgehead atoms. The largest absolute Gasteiger partial charge is 0.461 e. The van der Waals surface area contributed by atoms with Crippen LogP contribution in [0.25, 0.3) is 0 Å². The van der Waals surface area contributed by atoms with E-state index in [1.165, 1.54) is 32.1 Å². The summed E-state index contributed by atoms with van der Waals surface area (Å²) in [4.78, 5) is 11.3. The molecule has 0 saturated carbocycles. The molecular weight excluding hydrogens is 344 g/mol. The van der Waals surface area contributed by atoms with E-state index < -0.39 is 0 Å². The molecule has 24 heavy (non-hydrogen) atoms. The molecule has 0 aliphatic heterocycles. The fourth-order valence-electron chi connectivity index (χ4n) is 1.61. The van der Waals surface area contributed by atoms with Gasteiger partial charge in [-0.05, 0) is 18.9 Å². The normalized spacial score (nSPS) is 8.00. The van der Waals surface area contributed by atoms with Crippen LogP contribution in [-0.2, 0) is 31.2 Å². The number of carbonyl (C=O) groups excluding carboxylic acids is 1. The maximum atomic E-state index is 11.3. The van der Waals surface area contributed by atoms with Crippen LogP contribution in [-0.4, -0.2) is 49.2 Å². The van der Waals surface area contributed by atoms with Crippen LogP contribution >= 0.6 is 0 Å². The molecule has 3 N–H and O–H groups in total. The Kier molecular flexibility index (Phi) is 56.0. The second-order valence-corrected chi connectivity index (χ2v) is 4.70. The van der Waals surface area contributed by atoms with Crippen LogP contribution in [0, 0.1) is 6.92 Å². The summed E-state index contributed by atoms with van der Waals surface area (Å²) in [6.07, 6.45) is 10.0. The minimum atomic E-state index is -0.0925. The number of esters is 1. The Morgan fingerprint density at radius 2 is 1.25 bits per heavy atom. The molecule has 5 nitrogen and oxygen atoms in total. The maximum absolute atomic E-state index is 11.3. The molecule has 0 aliphatic rings. The predicted molar refractivity (Wildman–Crippen MR) is 97.1 cm³/mol. The zero-order valence-electron chi connectivity index (χ0n) is 16.1. The van der Waals surface area contributed by atoms with Gasteiger partial charge in [0.1, 0.15) is 6.61 Å². The topological polar surface area (TPSA) is 87.0 Å². The zero-order chi connectivity index (χ0) is 18.9. The number of rotatable bonds is 11. The van der Waals surface area contributed by atoms with Crippen molar-refractivity contribution in [3.05, 3.63) is 19.1 Å². The van der Waals surface area contributed by atoms with Crippen molar-refractivity contribution in [3.8, 4) is 0 Å². The Balaban J connectivity index is -0.000000153. The minimum Gasteiger partial charge on any atom is -0.461 e. The van der Waals surface area contributed by atoms with E-state index in [2.05, 4.69) is 13.5 Å². The summed E-state index contributed by atoms with van der Waals surface area (Å²) >= 11 is 0. The molecule has 0 aromatic carbocycles. The van der Waals surface area contributed by atoms with Crippen molar-refractivity contribution in [2.75, 3.05) is 27.9 Å². The van der Waals surface area contributed by atoms with E-state index >= 15 is 0 Å². The average molecular weight is 383 g/mol. The van der Waals surface area contributed by atoms with Gasteiger partial charge in [-0.25, -0.2) is 0 Å². The first-order chi connectivity index (χ1) is 11.2. The fourth-order valence-corrected chi connectivity index (χ4v) is 1.61. The summed E-state index contributed by atoms with van der Waals surface area (Å²) < 4.78 is 5.02. The summed E-state index contributed by atoms with van der Waals surface area (Å²) in [6, 6.07) is 0. The minimum absolute atomic E-state index is 0. The van der Waals surface area contributed by atoms with Crippen molar-refractivity contribution in [1.82, 2.24) is 0 Å². The summed E-state index contributed by atoms with van der Waals surface area (Å²) in [5, 5.41) is 21.0. The SMILES string of the molecule is C=C(C)COC(=O)CCCCCCCCC[CH2-].CO.CO.CO.[Ti]. The van der Waals surface area contributed by atoms with Crippen LogP contribution in [0.2, 0.25) is 0 Å². The van der Waals surface area contributed by atoms with E-state index in [1.54, 1.807) is 0 Å². The van der Waals surface area contributed by atoms with Gasteiger partial charge in [-0.1, -0.05) is 45.1 Å². The molecule has 0 heterocycles. The van der Waals surface area contributed by atoms with E-state index in [-0.39, 0.29) is 27.7 Å². The number of aliphatic hydroxyl groups excluding tert-OH is 3. The van der Waals surface area contributed by atoms with Gasteiger partial charge in [-0.2, -0.15) is 6.42 Å². The Morgan fingerprint density at radius 1 is 0.875 bits per heavy atom. The Hall–Kier alpha value is -0.196. The number of hydrogen-bond donors (Lipinski definition) is 3. The standard InChI is InChI=1S/C15H27O2.3CH4O.Ti/c1-4-5-6-7-8-9-10-11-12-15(16)17-13-14(2)3;3*1-2;/h1-2,4-13H2,3H3;3*2H,1H3;/q-1;;;;. The van der Waals surface area contributed by atoms with Crippen molar-refractivity contribution in [1.29, 1.82) is 0 Å². The summed E-state index contributed by atoms with van der Waals surface area (Å²) in [6.45, 7) is 9.74. The Morgan fingerprint density at radius 3 is 1.62 bits per heavy atom. The van der Waals surface area contributed by atoms with Crippen molar-refractivity contribution in [2.24, 2.45) is 0 Å². The third-order valence-corrected chi connectivity index (χ3v) is 2.61. The van der Waals surface area contributed by atoms with Gasteiger partial charge in [0.15, 0.2) is 0 Å². The third-order valence-electron chi connectivity index (χ3n) is 2.61. The Labute approximate surface area is 164 Å². The molecule has 0 fully saturated rings. The number of aliphatic hydroxyl groups is 3. The molecule has 0 amide bonds. The van der Waals surface area contributed by atoms with Crippen molar-refractivity contribution >= 4 is 5.97 Å². The molecule has 0 saturated heterocycles. The van der Waals surface area contributed by atoms with Gasteiger partial charge in [0, 0.05) is 49.5 Å². The molecule has 6 heteroatoms. The molecule has 0 aliphatic carbocycles. The van der Waals surface area contributed by atoms with Gasteiger partial charge in [0.05, 0.1) is 0 Å². The van der Waals surface area contributed by atoms with Crippen LogP contribution < -0.4 is 0 Å². The molecular formula is C18H39O5Ti-. The quantitative estimate of drug-likeness (QED) is 0.168. The van der Waals surface area contributed by atoms with Gasteiger partial charge < -0.3 is 27.0 Å². The maximum Gasteiger partial charge on any atom is 0.306 e. The molecule has 0 spiro atoms. The van der Waals surface area contributed by atoms with E-state index in [0.29, 0.717) is 13.0 Å². The summed E-state index contributed by atoms with van der Waals surface area (Å²) in [7, 11) is 3.00. The first-order valence-corrected chi connectivity index (χ1v) is 8.10. The molecule has 146 valence electrons. The molecule has 0 radical (unpaired) electrons. The van der Waals surface area contributed by atoms with Crippen LogP contribution in [0.1, 0.15) is 64.7 Å². The molecule has 0 aromatic heterocycles. The molecule has 0 rings (SSSR count). The van der Waals surface area contributed by atoms with Crippen LogP contribution in [0.4, 0.5) is 0 Å². The summed E-state index contributed by atoms with van der Waals surface area (Å²) in [5.74, 6) is -0.0925. The summed E-state index contributed by atoms with van der Waals surface area (Å²) in [5.41, 5.74) is 0.892. The van der Waals surface area contributed by atoms with Gasteiger partial charge in [0.2, 0.25) is 0 Å². The zero-order valence-corrected chi connectivity index (χ0v) is 17.7. The third kappa shape index (κ3) is 43.1. The van der Waals surface area contributed by atoms with Gasteiger partial charge in [-0.15, -0.1) is 0 Å². The molecule has 0 aromatic rings. The first-order valence-electron chi connectivity index (χ1n) is 8.10. The van der Waals surface area contributed by atoms with Crippen molar-refractivity contribution in [2.45, 2.75) is 64.7 Å².